The fourth-order valence-corrected chi connectivity index (χ4v) is 0.993. The SMILES string of the molecule is C=C/C=C/C(CC)=C(/C)N/C=C/C. The molecule has 0 aliphatic carbocycles. The summed E-state index contributed by atoms with van der Waals surface area (Å²) in [6.07, 6.45) is 10.8. The smallest absolute Gasteiger partial charge is 0.0147 e. The van der Waals surface area contributed by atoms with Crippen LogP contribution >= 0.6 is 0 Å². The van der Waals surface area contributed by atoms with E-state index < -0.39 is 0 Å². The highest BCUT2D eigenvalue weighted by molar-refractivity contribution is 5.26. The Kier molecular flexibility index (Phi) is 6.70. The molecule has 1 N–H and O–H groups in total. The maximum absolute atomic E-state index is 3.64. The zero-order valence-electron chi connectivity index (χ0n) is 8.80. The van der Waals surface area contributed by atoms with Crippen LogP contribution in [0.15, 0.2) is 48.4 Å². The van der Waals surface area contributed by atoms with Crippen LogP contribution in [0.5, 0.6) is 0 Å². The molecule has 0 fully saturated rings. The van der Waals surface area contributed by atoms with Crippen molar-refractivity contribution in [2.75, 3.05) is 0 Å². The van der Waals surface area contributed by atoms with Crippen LogP contribution in [0.1, 0.15) is 27.2 Å². The Balaban J connectivity index is 4.47. The van der Waals surface area contributed by atoms with Crippen molar-refractivity contribution in [3.8, 4) is 0 Å². The molecule has 0 aromatic heterocycles. The van der Waals surface area contributed by atoms with Crippen molar-refractivity contribution in [1.29, 1.82) is 0 Å². The third kappa shape index (κ3) is 5.07. The zero-order valence-corrected chi connectivity index (χ0v) is 8.80. The van der Waals surface area contributed by atoms with Gasteiger partial charge in [0, 0.05) is 5.70 Å². The highest BCUT2D eigenvalue weighted by Crippen LogP contribution is 2.07. The third-order valence-corrected chi connectivity index (χ3v) is 1.76. The molecule has 0 rings (SSSR count). The molecule has 0 aliphatic rings. The molecule has 0 saturated carbocycles. The van der Waals surface area contributed by atoms with E-state index in [9.17, 15) is 0 Å². The van der Waals surface area contributed by atoms with E-state index >= 15 is 0 Å². The second-order valence-corrected chi connectivity index (χ2v) is 2.74. The monoisotopic (exact) mass is 177 g/mol. The van der Waals surface area contributed by atoms with E-state index in [2.05, 4.69) is 31.8 Å². The minimum Gasteiger partial charge on any atom is -0.365 e. The summed E-state index contributed by atoms with van der Waals surface area (Å²) in [6, 6.07) is 0. The van der Waals surface area contributed by atoms with Gasteiger partial charge < -0.3 is 5.32 Å². The van der Waals surface area contributed by atoms with Crippen LogP contribution in [0, 0.1) is 0 Å². The summed E-state index contributed by atoms with van der Waals surface area (Å²) < 4.78 is 0. The Hall–Kier alpha value is -1.24. The summed E-state index contributed by atoms with van der Waals surface area (Å²) in [5.74, 6) is 0. The van der Waals surface area contributed by atoms with Gasteiger partial charge in [0.05, 0.1) is 0 Å². The predicted octanol–water partition coefficient (Wildman–Crippen LogP) is 3.54. The topological polar surface area (TPSA) is 12.0 Å². The van der Waals surface area contributed by atoms with Crippen molar-refractivity contribution in [3.63, 3.8) is 0 Å². The van der Waals surface area contributed by atoms with Gasteiger partial charge in [0.25, 0.3) is 0 Å². The van der Waals surface area contributed by atoms with Crippen LogP contribution in [-0.4, -0.2) is 0 Å². The molecule has 0 aromatic carbocycles. The lowest BCUT2D eigenvalue weighted by atomic mass is 10.1. The van der Waals surface area contributed by atoms with E-state index in [1.54, 1.807) is 6.08 Å². The molecule has 0 aromatic rings. The van der Waals surface area contributed by atoms with Gasteiger partial charge in [-0.3, -0.25) is 0 Å². The molecule has 0 bridgehead atoms. The molecular weight excluding hydrogens is 158 g/mol. The number of hydrogen-bond donors (Lipinski definition) is 1. The second kappa shape index (κ2) is 7.41. The van der Waals surface area contributed by atoms with Crippen molar-refractivity contribution in [2.24, 2.45) is 0 Å². The van der Waals surface area contributed by atoms with Crippen molar-refractivity contribution in [2.45, 2.75) is 27.2 Å². The molecule has 0 heterocycles. The van der Waals surface area contributed by atoms with E-state index in [0.29, 0.717) is 0 Å². The maximum Gasteiger partial charge on any atom is 0.0147 e. The Labute approximate surface area is 81.5 Å². The maximum atomic E-state index is 3.64. The fourth-order valence-electron chi connectivity index (χ4n) is 0.993. The van der Waals surface area contributed by atoms with Crippen LogP contribution in [0.4, 0.5) is 0 Å². The molecule has 0 saturated heterocycles. The Morgan fingerprint density at radius 2 is 2.15 bits per heavy atom. The van der Waals surface area contributed by atoms with Crippen LogP contribution in [0.25, 0.3) is 0 Å². The van der Waals surface area contributed by atoms with Crippen LogP contribution in [0.3, 0.4) is 0 Å². The molecular formula is C12H19N. The first-order chi connectivity index (χ1) is 6.26. The van der Waals surface area contributed by atoms with Crippen molar-refractivity contribution >= 4 is 0 Å². The average molecular weight is 177 g/mol. The Morgan fingerprint density at radius 3 is 2.62 bits per heavy atom. The summed E-state index contributed by atoms with van der Waals surface area (Å²) in [5.41, 5.74) is 2.50. The Morgan fingerprint density at radius 1 is 1.46 bits per heavy atom. The molecule has 0 unspecified atom stereocenters. The minimum atomic E-state index is 1.03. The van der Waals surface area contributed by atoms with E-state index in [1.807, 2.05) is 25.3 Å². The van der Waals surface area contributed by atoms with Crippen LogP contribution in [0.2, 0.25) is 0 Å². The molecule has 0 atom stereocenters. The highest BCUT2D eigenvalue weighted by Gasteiger charge is 1.92. The normalized spacial score (nSPS) is 13.5. The van der Waals surface area contributed by atoms with Gasteiger partial charge in [-0.1, -0.05) is 37.8 Å². The molecule has 0 radical (unpaired) electrons. The molecule has 0 spiro atoms. The lowest BCUT2D eigenvalue weighted by Gasteiger charge is -2.05. The number of nitrogens with one attached hydrogen (secondary N) is 1. The highest BCUT2D eigenvalue weighted by atomic mass is 14.8. The lowest BCUT2D eigenvalue weighted by Crippen LogP contribution is -2.03. The second-order valence-electron chi connectivity index (χ2n) is 2.74. The average Bonchev–Trinajstić information content (AvgIpc) is 2.16. The van der Waals surface area contributed by atoms with Gasteiger partial charge in [0.2, 0.25) is 0 Å². The van der Waals surface area contributed by atoms with Gasteiger partial charge in [-0.25, -0.2) is 0 Å². The van der Waals surface area contributed by atoms with E-state index in [0.717, 1.165) is 6.42 Å². The van der Waals surface area contributed by atoms with Crippen molar-refractivity contribution in [1.82, 2.24) is 5.32 Å². The largest absolute Gasteiger partial charge is 0.365 e. The predicted molar refractivity (Wildman–Crippen MR) is 60.3 cm³/mol. The molecule has 1 nitrogen and oxygen atoms in total. The molecule has 72 valence electrons. The number of rotatable bonds is 5. The quantitative estimate of drug-likeness (QED) is 0.633. The summed E-state index contributed by atoms with van der Waals surface area (Å²) >= 11 is 0. The summed E-state index contributed by atoms with van der Waals surface area (Å²) in [7, 11) is 0. The van der Waals surface area contributed by atoms with E-state index in [1.165, 1.54) is 11.3 Å². The van der Waals surface area contributed by atoms with Gasteiger partial charge in [-0.05, 0) is 32.0 Å². The fraction of sp³-hybridized carbons (Fsp3) is 0.333. The number of allylic oxidation sites excluding steroid dienone is 6. The first-order valence-corrected chi connectivity index (χ1v) is 4.62. The van der Waals surface area contributed by atoms with Gasteiger partial charge in [-0.2, -0.15) is 0 Å². The first-order valence-electron chi connectivity index (χ1n) is 4.62. The molecule has 0 aliphatic heterocycles. The molecule has 0 amide bonds. The lowest BCUT2D eigenvalue weighted by molar-refractivity contribution is 0.984. The summed E-state index contributed by atoms with van der Waals surface area (Å²) in [4.78, 5) is 0. The minimum absolute atomic E-state index is 1.03. The summed E-state index contributed by atoms with van der Waals surface area (Å²) in [5, 5.41) is 3.21. The van der Waals surface area contributed by atoms with E-state index in [-0.39, 0.29) is 0 Å². The number of hydrogen-bond acceptors (Lipinski definition) is 1. The van der Waals surface area contributed by atoms with Crippen LogP contribution in [-0.2, 0) is 0 Å². The molecule has 13 heavy (non-hydrogen) atoms. The van der Waals surface area contributed by atoms with Crippen molar-refractivity contribution < 1.29 is 0 Å². The summed E-state index contributed by atoms with van der Waals surface area (Å²) in [6.45, 7) is 9.85. The van der Waals surface area contributed by atoms with Gasteiger partial charge in [0.1, 0.15) is 0 Å². The Bertz CT molecular complexity index is 232. The van der Waals surface area contributed by atoms with Gasteiger partial charge in [0.15, 0.2) is 0 Å². The van der Waals surface area contributed by atoms with Gasteiger partial charge in [-0.15, -0.1) is 0 Å². The van der Waals surface area contributed by atoms with E-state index in [4.69, 9.17) is 0 Å². The standard InChI is InChI=1S/C12H19N/c1-5-8-9-12(7-3)11(4)13-10-6-2/h5-6,8-10,13H,1,7H2,2-4H3/b9-8+,10-6+,12-11-. The van der Waals surface area contributed by atoms with Gasteiger partial charge >= 0.3 is 0 Å². The van der Waals surface area contributed by atoms with Crippen molar-refractivity contribution in [3.05, 3.63) is 48.4 Å². The zero-order chi connectivity index (χ0) is 10.1. The first kappa shape index (κ1) is 11.8. The molecule has 1 heteroatoms. The third-order valence-electron chi connectivity index (χ3n) is 1.76. The van der Waals surface area contributed by atoms with Crippen LogP contribution < -0.4 is 5.32 Å².